The van der Waals surface area contributed by atoms with Crippen molar-refractivity contribution in [2.45, 2.75) is 39.5 Å². The average Bonchev–Trinajstić information content (AvgIpc) is 3.24. The van der Waals surface area contributed by atoms with Crippen LogP contribution in [-0.2, 0) is 0 Å². The molecule has 0 aliphatic rings. The monoisotopic (exact) mass is 364 g/mol. The molecule has 27 heavy (non-hydrogen) atoms. The molecule has 0 aliphatic heterocycles. The molecule has 0 saturated heterocycles. The van der Waals surface area contributed by atoms with Crippen molar-refractivity contribution >= 4 is 17.0 Å². The minimum absolute atomic E-state index is 0.107. The lowest BCUT2D eigenvalue weighted by molar-refractivity contribution is 0.0697. The third kappa shape index (κ3) is 3.84. The van der Waals surface area contributed by atoms with Crippen LogP contribution in [0, 0.1) is 0 Å². The summed E-state index contributed by atoms with van der Waals surface area (Å²) < 4.78 is 3.52. The van der Waals surface area contributed by atoms with Gasteiger partial charge in [0.25, 0.3) is 0 Å². The topological polar surface area (TPSA) is 71.9 Å². The molecule has 0 saturated carbocycles. The van der Waals surface area contributed by atoms with Gasteiger partial charge in [0.05, 0.1) is 22.4 Å². The van der Waals surface area contributed by atoms with Crippen LogP contribution in [-0.4, -0.2) is 30.3 Å². The summed E-state index contributed by atoms with van der Waals surface area (Å²) in [4.78, 5) is 11.1. The van der Waals surface area contributed by atoms with E-state index in [-0.39, 0.29) is 5.92 Å². The number of hydrogen-bond donors (Lipinski definition) is 1. The van der Waals surface area contributed by atoms with Crippen LogP contribution in [0.4, 0.5) is 0 Å². The molecule has 0 bridgehead atoms. The van der Waals surface area contributed by atoms with E-state index in [4.69, 9.17) is 5.11 Å². The lowest BCUT2D eigenvalue weighted by atomic mass is 10.1. The van der Waals surface area contributed by atoms with E-state index >= 15 is 0 Å². The molecule has 0 fully saturated rings. The highest BCUT2D eigenvalue weighted by atomic mass is 16.4. The van der Waals surface area contributed by atoms with Gasteiger partial charge in [-0.15, -0.1) is 0 Å². The summed E-state index contributed by atoms with van der Waals surface area (Å²) >= 11 is 0. The zero-order valence-electron chi connectivity index (χ0n) is 16.0. The second-order valence-electron chi connectivity index (χ2n) is 7.04. The van der Waals surface area contributed by atoms with Crippen LogP contribution in [0.3, 0.4) is 0 Å². The second-order valence-corrected chi connectivity index (χ2v) is 7.04. The smallest absolute Gasteiger partial charge is 0.339 e. The van der Waals surface area contributed by atoms with Crippen molar-refractivity contribution in [3.8, 4) is 0 Å². The highest BCUT2D eigenvalue weighted by Gasteiger charge is 2.20. The SMILES string of the molecule is CC(C)c1cc2ccccn2n1.CC(C)c1nn2ccccc2c1C(=O)O. The van der Waals surface area contributed by atoms with Gasteiger partial charge >= 0.3 is 5.97 Å². The van der Waals surface area contributed by atoms with Crippen molar-refractivity contribution in [2.75, 3.05) is 0 Å². The first-order chi connectivity index (χ1) is 12.9. The molecule has 4 aromatic heterocycles. The summed E-state index contributed by atoms with van der Waals surface area (Å²) in [5.74, 6) is -0.305. The molecule has 0 aromatic carbocycles. The Morgan fingerprint density at radius 3 is 2.19 bits per heavy atom. The van der Waals surface area contributed by atoms with E-state index in [0.29, 0.717) is 22.7 Å². The number of aromatic nitrogens is 4. The van der Waals surface area contributed by atoms with Gasteiger partial charge in [-0.2, -0.15) is 10.2 Å². The normalized spacial score (nSPS) is 11.2. The zero-order valence-corrected chi connectivity index (χ0v) is 16.0. The fourth-order valence-electron chi connectivity index (χ4n) is 2.88. The molecule has 0 radical (unpaired) electrons. The van der Waals surface area contributed by atoms with Crippen LogP contribution in [0.25, 0.3) is 11.0 Å². The van der Waals surface area contributed by atoms with Crippen LogP contribution in [0.1, 0.15) is 61.3 Å². The molecule has 0 unspecified atom stereocenters. The number of rotatable bonds is 3. The first-order valence-electron chi connectivity index (χ1n) is 9.03. The lowest BCUT2D eigenvalue weighted by Gasteiger charge is -2.00. The Labute approximate surface area is 158 Å². The molecule has 0 amide bonds. The van der Waals surface area contributed by atoms with Crippen molar-refractivity contribution in [2.24, 2.45) is 0 Å². The first kappa shape index (κ1) is 18.6. The predicted octanol–water partition coefficient (Wildman–Crippen LogP) is 4.61. The fraction of sp³-hybridized carbons (Fsp3) is 0.286. The van der Waals surface area contributed by atoms with Gasteiger partial charge in [-0.25, -0.2) is 13.8 Å². The van der Waals surface area contributed by atoms with Crippen molar-refractivity contribution in [1.29, 1.82) is 0 Å². The summed E-state index contributed by atoms with van der Waals surface area (Å²) in [6.45, 7) is 8.19. The fourth-order valence-corrected chi connectivity index (χ4v) is 2.88. The van der Waals surface area contributed by atoms with Crippen molar-refractivity contribution < 1.29 is 9.90 Å². The van der Waals surface area contributed by atoms with Crippen molar-refractivity contribution in [1.82, 2.24) is 19.2 Å². The molecule has 4 aromatic rings. The lowest BCUT2D eigenvalue weighted by Crippen LogP contribution is -2.01. The van der Waals surface area contributed by atoms with Crippen LogP contribution in [0.15, 0.2) is 54.9 Å². The molecule has 0 spiro atoms. The zero-order chi connectivity index (χ0) is 19.6. The molecule has 140 valence electrons. The Morgan fingerprint density at radius 1 is 0.926 bits per heavy atom. The minimum atomic E-state index is -0.917. The molecular formula is C21H24N4O2. The molecule has 6 nitrogen and oxygen atoms in total. The number of carbonyl (C=O) groups is 1. The summed E-state index contributed by atoms with van der Waals surface area (Å²) in [5, 5.41) is 17.8. The van der Waals surface area contributed by atoms with Gasteiger partial charge in [0.2, 0.25) is 0 Å². The summed E-state index contributed by atoms with van der Waals surface area (Å²) in [6, 6.07) is 13.6. The Bertz CT molecular complexity index is 1040. The minimum Gasteiger partial charge on any atom is -0.478 e. The van der Waals surface area contributed by atoms with Crippen LogP contribution < -0.4 is 0 Å². The number of aromatic carboxylic acids is 1. The Kier molecular flexibility index (Phi) is 5.26. The molecule has 1 N–H and O–H groups in total. The molecule has 6 heteroatoms. The van der Waals surface area contributed by atoms with Crippen LogP contribution in [0.2, 0.25) is 0 Å². The maximum absolute atomic E-state index is 11.1. The number of fused-ring (bicyclic) bond motifs is 2. The van der Waals surface area contributed by atoms with Crippen LogP contribution >= 0.6 is 0 Å². The third-order valence-corrected chi connectivity index (χ3v) is 4.31. The van der Waals surface area contributed by atoms with Gasteiger partial charge in [0, 0.05) is 12.4 Å². The largest absolute Gasteiger partial charge is 0.478 e. The van der Waals surface area contributed by atoms with E-state index < -0.39 is 5.97 Å². The van der Waals surface area contributed by atoms with Gasteiger partial charge in [-0.05, 0) is 42.2 Å². The standard InChI is InChI=1S/C11H12N2O2.C10H12N2/c1-7(2)10-9(11(14)15)8-5-3-4-6-13(8)12-10;1-8(2)10-7-9-5-3-4-6-12(9)11-10/h3-7H,1-2H3,(H,14,15);3-8H,1-2H3. The van der Waals surface area contributed by atoms with Gasteiger partial charge in [-0.1, -0.05) is 39.8 Å². The van der Waals surface area contributed by atoms with Gasteiger partial charge in [-0.3, -0.25) is 0 Å². The second kappa shape index (κ2) is 7.61. The maximum Gasteiger partial charge on any atom is 0.339 e. The quantitative estimate of drug-likeness (QED) is 0.576. The summed E-state index contributed by atoms with van der Waals surface area (Å²) in [5.41, 5.74) is 3.91. The summed E-state index contributed by atoms with van der Waals surface area (Å²) in [6.07, 6.45) is 3.73. The van der Waals surface area contributed by atoms with E-state index in [2.05, 4.69) is 36.2 Å². The van der Waals surface area contributed by atoms with Gasteiger partial charge in [0.1, 0.15) is 5.56 Å². The summed E-state index contributed by atoms with van der Waals surface area (Å²) in [7, 11) is 0. The first-order valence-corrected chi connectivity index (χ1v) is 9.03. The van der Waals surface area contributed by atoms with E-state index in [9.17, 15) is 4.79 Å². The van der Waals surface area contributed by atoms with E-state index in [1.165, 1.54) is 5.52 Å². The van der Waals surface area contributed by atoms with E-state index in [1.807, 2.05) is 48.8 Å². The Morgan fingerprint density at radius 2 is 1.59 bits per heavy atom. The predicted molar refractivity (Wildman–Crippen MR) is 106 cm³/mol. The molecular weight excluding hydrogens is 340 g/mol. The van der Waals surface area contributed by atoms with Crippen molar-refractivity contribution in [3.63, 3.8) is 0 Å². The highest BCUT2D eigenvalue weighted by Crippen LogP contribution is 2.22. The molecule has 4 rings (SSSR count). The highest BCUT2D eigenvalue weighted by molar-refractivity contribution is 5.97. The van der Waals surface area contributed by atoms with Gasteiger partial charge in [0.15, 0.2) is 0 Å². The number of carboxylic acid groups (broad SMARTS) is 1. The maximum atomic E-state index is 11.1. The molecule has 0 atom stereocenters. The van der Waals surface area contributed by atoms with Gasteiger partial charge < -0.3 is 5.11 Å². The number of carboxylic acids is 1. The number of hydrogen-bond acceptors (Lipinski definition) is 3. The number of pyridine rings is 2. The number of nitrogens with zero attached hydrogens (tertiary/aromatic N) is 4. The van der Waals surface area contributed by atoms with Crippen molar-refractivity contribution in [3.05, 3.63) is 71.8 Å². The average molecular weight is 364 g/mol. The van der Waals surface area contributed by atoms with Crippen LogP contribution in [0.5, 0.6) is 0 Å². The Hall–Kier alpha value is -3.15. The van der Waals surface area contributed by atoms with E-state index in [1.54, 1.807) is 16.8 Å². The molecule has 4 heterocycles. The Balaban J connectivity index is 0.000000159. The molecule has 0 aliphatic carbocycles. The third-order valence-electron chi connectivity index (χ3n) is 4.31. The van der Waals surface area contributed by atoms with E-state index in [0.717, 1.165) is 5.69 Å².